The molecule has 0 bridgehead atoms. The van der Waals surface area contributed by atoms with Crippen molar-refractivity contribution < 1.29 is 19.4 Å². The zero-order valence-corrected chi connectivity index (χ0v) is 18.1. The summed E-state index contributed by atoms with van der Waals surface area (Å²) in [5.41, 5.74) is 1.86. The molecule has 1 aliphatic rings. The lowest BCUT2D eigenvalue weighted by Crippen LogP contribution is -2.29. The van der Waals surface area contributed by atoms with Gasteiger partial charge in [0.25, 0.3) is 11.7 Å². The summed E-state index contributed by atoms with van der Waals surface area (Å²) in [5.74, 6) is -1.12. The molecule has 4 rings (SSSR count). The lowest BCUT2D eigenvalue weighted by atomic mass is 9.95. The topological polar surface area (TPSA) is 79.7 Å². The van der Waals surface area contributed by atoms with Crippen molar-refractivity contribution in [1.82, 2.24) is 9.88 Å². The molecule has 1 saturated heterocycles. The highest BCUT2D eigenvalue weighted by molar-refractivity contribution is 6.46. The first-order valence-electron chi connectivity index (χ1n) is 10.2. The predicted molar refractivity (Wildman–Crippen MR) is 121 cm³/mol. The quantitative estimate of drug-likeness (QED) is 0.334. The second-order valence-electron chi connectivity index (χ2n) is 7.30. The molecule has 7 heteroatoms. The van der Waals surface area contributed by atoms with E-state index in [9.17, 15) is 14.7 Å². The lowest BCUT2D eigenvalue weighted by Gasteiger charge is -2.25. The molecule has 1 aliphatic heterocycles. The minimum absolute atomic E-state index is 0.0230. The van der Waals surface area contributed by atoms with Gasteiger partial charge in [0.15, 0.2) is 0 Å². The monoisotopic (exact) mass is 448 g/mol. The predicted octanol–water partition coefficient (Wildman–Crippen LogP) is 4.76. The molecule has 0 aliphatic carbocycles. The molecule has 3 aromatic rings. The van der Waals surface area contributed by atoms with Crippen molar-refractivity contribution in [2.24, 2.45) is 0 Å². The first-order chi connectivity index (χ1) is 15.5. The van der Waals surface area contributed by atoms with Crippen molar-refractivity contribution in [3.8, 4) is 5.75 Å². The summed E-state index contributed by atoms with van der Waals surface area (Å²) in [4.78, 5) is 31.7. The van der Waals surface area contributed by atoms with Crippen molar-refractivity contribution in [2.75, 3.05) is 6.61 Å². The Hall–Kier alpha value is -3.64. The van der Waals surface area contributed by atoms with E-state index in [4.69, 9.17) is 16.3 Å². The molecule has 0 radical (unpaired) electrons. The maximum atomic E-state index is 13.1. The maximum Gasteiger partial charge on any atom is 0.295 e. The van der Waals surface area contributed by atoms with Crippen LogP contribution in [0.25, 0.3) is 5.76 Å². The Morgan fingerprint density at radius 1 is 1.12 bits per heavy atom. The van der Waals surface area contributed by atoms with Crippen LogP contribution in [-0.4, -0.2) is 33.3 Å². The molecule has 1 amide bonds. The molecule has 1 unspecified atom stereocenters. The van der Waals surface area contributed by atoms with E-state index >= 15 is 0 Å². The molecule has 2 heterocycles. The molecule has 2 aromatic carbocycles. The van der Waals surface area contributed by atoms with Gasteiger partial charge in [0, 0.05) is 29.5 Å². The highest BCUT2D eigenvalue weighted by Crippen LogP contribution is 2.40. The Labute approximate surface area is 190 Å². The molecule has 1 aromatic heterocycles. The Morgan fingerprint density at radius 2 is 1.91 bits per heavy atom. The number of aromatic nitrogens is 1. The molecule has 32 heavy (non-hydrogen) atoms. The summed E-state index contributed by atoms with van der Waals surface area (Å²) in [5, 5.41) is 11.7. The van der Waals surface area contributed by atoms with Gasteiger partial charge in [0.1, 0.15) is 11.5 Å². The standard InChI is InChI=1S/C25H21ClN2O4/c1-2-32-20-7-3-6-18(13-20)23(29)21-22(17-8-10-19(26)11-9-17)28(25(31)24(21)30)15-16-5-4-12-27-14-16/h3-14,22,29H,2,15H2,1H3/b23-21+. The molecule has 0 saturated carbocycles. The van der Waals surface area contributed by atoms with E-state index < -0.39 is 17.7 Å². The van der Waals surface area contributed by atoms with Crippen LogP contribution >= 0.6 is 11.6 Å². The van der Waals surface area contributed by atoms with Crippen molar-refractivity contribution in [3.05, 3.63) is 100 Å². The largest absolute Gasteiger partial charge is 0.507 e. The van der Waals surface area contributed by atoms with E-state index in [0.717, 1.165) is 5.56 Å². The molecule has 0 spiro atoms. The number of nitrogens with zero attached hydrogens (tertiary/aromatic N) is 2. The van der Waals surface area contributed by atoms with Gasteiger partial charge in [-0.05, 0) is 48.4 Å². The van der Waals surface area contributed by atoms with E-state index in [1.165, 1.54) is 4.90 Å². The fourth-order valence-electron chi connectivity index (χ4n) is 3.78. The Morgan fingerprint density at radius 3 is 2.59 bits per heavy atom. The number of aliphatic hydroxyl groups excluding tert-OH is 1. The van der Waals surface area contributed by atoms with Crippen molar-refractivity contribution in [1.29, 1.82) is 0 Å². The molecular weight excluding hydrogens is 428 g/mol. The van der Waals surface area contributed by atoms with E-state index in [-0.39, 0.29) is 17.9 Å². The Kier molecular flexibility index (Phi) is 6.23. The van der Waals surface area contributed by atoms with Crippen LogP contribution in [0.5, 0.6) is 5.75 Å². The van der Waals surface area contributed by atoms with Crippen molar-refractivity contribution in [3.63, 3.8) is 0 Å². The fourth-order valence-corrected chi connectivity index (χ4v) is 3.90. The SMILES string of the molecule is CCOc1cccc(/C(O)=C2\C(=O)C(=O)N(Cc3cccnc3)C2c2ccc(Cl)cc2)c1. The van der Waals surface area contributed by atoms with E-state index in [1.54, 1.807) is 67.0 Å². The number of Topliss-reactive ketones (excluding diaryl/α,β-unsaturated/α-hetero) is 1. The number of hydrogen-bond donors (Lipinski definition) is 1. The number of benzene rings is 2. The van der Waals surface area contributed by atoms with Gasteiger partial charge >= 0.3 is 0 Å². The van der Waals surface area contributed by atoms with Crippen LogP contribution in [0.15, 0.2) is 78.6 Å². The van der Waals surface area contributed by atoms with E-state index in [1.807, 2.05) is 13.0 Å². The van der Waals surface area contributed by atoms with Crippen LogP contribution in [0.2, 0.25) is 5.02 Å². The highest BCUT2D eigenvalue weighted by Gasteiger charge is 2.46. The number of halogens is 1. The molecular formula is C25H21ClN2O4. The molecule has 6 nitrogen and oxygen atoms in total. The number of rotatable bonds is 6. The molecule has 162 valence electrons. The molecule has 1 N–H and O–H groups in total. The summed E-state index contributed by atoms with van der Waals surface area (Å²) in [6, 6.07) is 16.5. The lowest BCUT2D eigenvalue weighted by molar-refractivity contribution is -0.140. The fraction of sp³-hybridized carbons (Fsp3) is 0.160. The van der Waals surface area contributed by atoms with Crippen molar-refractivity contribution >= 4 is 29.1 Å². The van der Waals surface area contributed by atoms with Gasteiger partial charge in [-0.25, -0.2) is 0 Å². The summed E-state index contributed by atoms with van der Waals surface area (Å²) < 4.78 is 5.51. The molecule has 1 fully saturated rings. The zero-order valence-electron chi connectivity index (χ0n) is 17.4. The number of carbonyl (C=O) groups excluding carboxylic acids is 2. The number of aliphatic hydroxyl groups is 1. The number of likely N-dealkylation sites (tertiary alicyclic amines) is 1. The van der Waals surface area contributed by atoms with Crippen LogP contribution in [0.4, 0.5) is 0 Å². The second-order valence-corrected chi connectivity index (χ2v) is 7.74. The number of pyridine rings is 1. The number of carbonyl (C=O) groups is 2. The van der Waals surface area contributed by atoms with Gasteiger partial charge in [-0.3, -0.25) is 14.6 Å². The summed E-state index contributed by atoms with van der Waals surface area (Å²) >= 11 is 6.05. The number of ether oxygens (including phenoxy) is 1. The molecule has 1 atom stereocenters. The summed E-state index contributed by atoms with van der Waals surface area (Å²) in [7, 11) is 0. The van der Waals surface area contributed by atoms with Gasteiger partial charge in [0.05, 0.1) is 18.2 Å². The second kappa shape index (κ2) is 9.24. The van der Waals surface area contributed by atoms with Crippen LogP contribution in [0, 0.1) is 0 Å². The highest BCUT2D eigenvalue weighted by atomic mass is 35.5. The number of amides is 1. The van der Waals surface area contributed by atoms with Gasteiger partial charge in [-0.1, -0.05) is 41.9 Å². The van der Waals surface area contributed by atoms with Gasteiger partial charge in [0.2, 0.25) is 0 Å². The van der Waals surface area contributed by atoms with Crippen LogP contribution < -0.4 is 4.74 Å². The third-order valence-electron chi connectivity index (χ3n) is 5.22. The Bertz CT molecular complexity index is 1180. The minimum atomic E-state index is -0.775. The normalized spacial score (nSPS) is 17.6. The Balaban J connectivity index is 1.84. The van der Waals surface area contributed by atoms with Gasteiger partial charge in [-0.2, -0.15) is 0 Å². The average Bonchev–Trinajstić information content (AvgIpc) is 3.05. The van der Waals surface area contributed by atoms with E-state index in [0.29, 0.717) is 28.5 Å². The van der Waals surface area contributed by atoms with Gasteiger partial charge in [-0.15, -0.1) is 0 Å². The van der Waals surface area contributed by atoms with Gasteiger partial charge < -0.3 is 14.7 Å². The number of hydrogen-bond acceptors (Lipinski definition) is 5. The summed E-state index contributed by atoms with van der Waals surface area (Å²) in [6.45, 7) is 2.49. The maximum absolute atomic E-state index is 13.1. The average molecular weight is 449 g/mol. The summed E-state index contributed by atoms with van der Waals surface area (Å²) in [6.07, 6.45) is 3.28. The van der Waals surface area contributed by atoms with E-state index in [2.05, 4.69) is 4.98 Å². The van der Waals surface area contributed by atoms with Crippen LogP contribution in [0.3, 0.4) is 0 Å². The number of ketones is 1. The minimum Gasteiger partial charge on any atom is -0.507 e. The van der Waals surface area contributed by atoms with Crippen molar-refractivity contribution in [2.45, 2.75) is 19.5 Å². The smallest absolute Gasteiger partial charge is 0.295 e. The first kappa shape index (κ1) is 21.6. The third kappa shape index (κ3) is 4.22. The van der Waals surface area contributed by atoms with Crippen LogP contribution in [0.1, 0.15) is 29.7 Å². The van der Waals surface area contributed by atoms with Crippen LogP contribution in [-0.2, 0) is 16.1 Å². The zero-order chi connectivity index (χ0) is 22.7. The first-order valence-corrected chi connectivity index (χ1v) is 10.5. The third-order valence-corrected chi connectivity index (χ3v) is 5.47.